The van der Waals surface area contributed by atoms with Crippen LogP contribution in [0.5, 0.6) is 0 Å². The first kappa shape index (κ1) is 19.6. The molecule has 152 valence electrons. The van der Waals surface area contributed by atoms with Gasteiger partial charge >= 0.3 is 0 Å². The van der Waals surface area contributed by atoms with Crippen molar-refractivity contribution in [2.45, 2.75) is 46.1 Å². The van der Waals surface area contributed by atoms with E-state index in [0.29, 0.717) is 12.5 Å². The Morgan fingerprint density at radius 1 is 1.14 bits per heavy atom. The van der Waals surface area contributed by atoms with Crippen LogP contribution in [0, 0.1) is 12.8 Å². The third-order valence-electron chi connectivity index (χ3n) is 5.57. The zero-order valence-electron chi connectivity index (χ0n) is 17.2. The van der Waals surface area contributed by atoms with E-state index in [-0.39, 0.29) is 5.56 Å². The van der Waals surface area contributed by atoms with Crippen molar-refractivity contribution in [2.24, 2.45) is 5.92 Å². The van der Waals surface area contributed by atoms with Gasteiger partial charge in [-0.25, -0.2) is 4.68 Å². The lowest BCUT2D eigenvalue weighted by Gasteiger charge is -2.21. The molecular formula is C23H28N4O2. The Hall–Kier alpha value is -2.73. The van der Waals surface area contributed by atoms with E-state index in [1.165, 1.54) is 0 Å². The van der Waals surface area contributed by atoms with Gasteiger partial charge in [-0.15, -0.1) is 0 Å². The monoisotopic (exact) mass is 392 g/mol. The van der Waals surface area contributed by atoms with E-state index >= 15 is 0 Å². The van der Waals surface area contributed by atoms with Gasteiger partial charge < -0.3 is 9.30 Å². The minimum absolute atomic E-state index is 0.0168. The van der Waals surface area contributed by atoms with Crippen LogP contribution in [0.15, 0.2) is 47.7 Å². The molecule has 6 heteroatoms. The highest BCUT2D eigenvalue weighted by atomic mass is 16.5. The van der Waals surface area contributed by atoms with Gasteiger partial charge in [0.2, 0.25) is 0 Å². The third-order valence-corrected chi connectivity index (χ3v) is 5.57. The van der Waals surface area contributed by atoms with Crippen molar-refractivity contribution in [3.8, 4) is 16.8 Å². The molecule has 3 aromatic rings. The molecule has 3 aromatic heterocycles. The molecule has 0 amide bonds. The Morgan fingerprint density at radius 2 is 1.97 bits per heavy atom. The molecule has 1 saturated heterocycles. The third kappa shape index (κ3) is 4.48. The van der Waals surface area contributed by atoms with Crippen molar-refractivity contribution in [1.29, 1.82) is 0 Å². The largest absolute Gasteiger partial charge is 0.381 e. The van der Waals surface area contributed by atoms with Crippen molar-refractivity contribution in [3.63, 3.8) is 0 Å². The molecule has 0 unspecified atom stereocenters. The van der Waals surface area contributed by atoms with Crippen molar-refractivity contribution < 1.29 is 4.74 Å². The first-order valence-electron chi connectivity index (χ1n) is 10.4. The number of aromatic nitrogens is 4. The molecule has 1 fully saturated rings. The van der Waals surface area contributed by atoms with E-state index in [1.807, 2.05) is 29.3 Å². The minimum Gasteiger partial charge on any atom is -0.381 e. The van der Waals surface area contributed by atoms with Gasteiger partial charge in [-0.2, -0.15) is 5.10 Å². The summed E-state index contributed by atoms with van der Waals surface area (Å²) >= 11 is 0. The lowest BCUT2D eigenvalue weighted by Crippen LogP contribution is -2.19. The van der Waals surface area contributed by atoms with Crippen molar-refractivity contribution in [3.05, 3.63) is 64.6 Å². The summed E-state index contributed by atoms with van der Waals surface area (Å²) in [4.78, 5) is 16.8. The summed E-state index contributed by atoms with van der Waals surface area (Å²) in [7, 11) is 0. The van der Waals surface area contributed by atoms with Gasteiger partial charge in [0.25, 0.3) is 5.56 Å². The molecule has 0 N–H and O–H groups in total. The molecule has 6 nitrogen and oxygen atoms in total. The SMILES string of the molecule is CCCn1cc(-n2cc(-c3ccc(CC4CCOCC4)nc3C)cn2)ccc1=O. The molecule has 0 bridgehead atoms. The van der Waals surface area contributed by atoms with E-state index < -0.39 is 0 Å². The van der Waals surface area contributed by atoms with E-state index in [0.717, 1.165) is 67.1 Å². The fourth-order valence-corrected chi connectivity index (χ4v) is 3.95. The second kappa shape index (κ2) is 8.74. The van der Waals surface area contributed by atoms with Crippen LogP contribution >= 0.6 is 0 Å². The lowest BCUT2D eigenvalue weighted by atomic mass is 9.94. The van der Waals surface area contributed by atoms with Gasteiger partial charge in [0.1, 0.15) is 0 Å². The van der Waals surface area contributed by atoms with Crippen LogP contribution in [-0.4, -0.2) is 32.5 Å². The molecule has 4 heterocycles. The van der Waals surface area contributed by atoms with Crippen LogP contribution < -0.4 is 5.56 Å². The predicted octanol–water partition coefficient (Wildman–Crippen LogP) is 3.78. The van der Waals surface area contributed by atoms with E-state index in [2.05, 4.69) is 31.1 Å². The standard InChI is InChI=1S/C23H28N4O2/c1-3-10-26-16-21(5-7-23(26)28)27-15-19(14-24-27)22-6-4-20(25-17(22)2)13-18-8-11-29-12-9-18/h4-7,14-16,18H,3,8-13H2,1-2H3. The number of hydrogen-bond donors (Lipinski definition) is 0. The Labute approximate surface area is 171 Å². The number of ether oxygens (including phenoxy) is 1. The normalized spacial score (nSPS) is 15.0. The Balaban J connectivity index is 1.54. The number of pyridine rings is 2. The maximum Gasteiger partial charge on any atom is 0.250 e. The van der Waals surface area contributed by atoms with Crippen LogP contribution in [-0.2, 0) is 17.7 Å². The maximum absolute atomic E-state index is 12.0. The summed E-state index contributed by atoms with van der Waals surface area (Å²) < 4.78 is 9.00. The molecular weight excluding hydrogens is 364 g/mol. The maximum atomic E-state index is 12.0. The van der Waals surface area contributed by atoms with Gasteiger partial charge in [0, 0.05) is 60.7 Å². The Morgan fingerprint density at radius 3 is 2.72 bits per heavy atom. The molecule has 0 saturated carbocycles. The zero-order chi connectivity index (χ0) is 20.2. The molecule has 0 atom stereocenters. The highest BCUT2D eigenvalue weighted by molar-refractivity contribution is 5.64. The van der Waals surface area contributed by atoms with Gasteiger partial charge in [0.05, 0.1) is 11.9 Å². The number of aryl methyl sites for hydroxylation is 2. The highest BCUT2D eigenvalue weighted by Crippen LogP contribution is 2.25. The van der Waals surface area contributed by atoms with Crippen molar-refractivity contribution in [1.82, 2.24) is 19.3 Å². The summed E-state index contributed by atoms with van der Waals surface area (Å²) in [6.45, 7) is 6.56. The van der Waals surface area contributed by atoms with Crippen LogP contribution in [0.25, 0.3) is 16.8 Å². The molecule has 0 radical (unpaired) electrons. The van der Waals surface area contributed by atoms with E-state index in [1.54, 1.807) is 10.6 Å². The minimum atomic E-state index is 0.0168. The average Bonchev–Trinajstić information content (AvgIpc) is 3.20. The zero-order valence-corrected chi connectivity index (χ0v) is 17.2. The highest BCUT2D eigenvalue weighted by Gasteiger charge is 2.16. The smallest absolute Gasteiger partial charge is 0.250 e. The molecule has 29 heavy (non-hydrogen) atoms. The van der Waals surface area contributed by atoms with E-state index in [4.69, 9.17) is 9.72 Å². The molecule has 0 aromatic carbocycles. The van der Waals surface area contributed by atoms with Crippen LogP contribution in [0.4, 0.5) is 0 Å². The van der Waals surface area contributed by atoms with Crippen LogP contribution in [0.2, 0.25) is 0 Å². The van der Waals surface area contributed by atoms with Crippen molar-refractivity contribution >= 4 is 0 Å². The van der Waals surface area contributed by atoms with Gasteiger partial charge in [-0.05, 0) is 50.7 Å². The molecule has 4 rings (SSSR count). The number of nitrogens with zero attached hydrogens (tertiary/aromatic N) is 4. The summed E-state index contributed by atoms with van der Waals surface area (Å²) in [6, 6.07) is 7.70. The van der Waals surface area contributed by atoms with E-state index in [9.17, 15) is 4.79 Å². The summed E-state index contributed by atoms with van der Waals surface area (Å²) in [5.41, 5.74) is 5.19. The summed E-state index contributed by atoms with van der Waals surface area (Å²) in [6.07, 6.45) is 9.90. The second-order valence-electron chi connectivity index (χ2n) is 7.79. The van der Waals surface area contributed by atoms with Crippen LogP contribution in [0.1, 0.15) is 37.6 Å². The fraction of sp³-hybridized carbons (Fsp3) is 0.435. The molecule has 1 aliphatic heterocycles. The first-order chi connectivity index (χ1) is 14.1. The molecule has 0 spiro atoms. The van der Waals surface area contributed by atoms with Gasteiger partial charge in [-0.3, -0.25) is 9.78 Å². The summed E-state index contributed by atoms with van der Waals surface area (Å²) in [5.74, 6) is 0.669. The topological polar surface area (TPSA) is 61.9 Å². The molecule has 1 aliphatic rings. The van der Waals surface area contributed by atoms with Gasteiger partial charge in [0.15, 0.2) is 0 Å². The van der Waals surface area contributed by atoms with Crippen LogP contribution in [0.3, 0.4) is 0 Å². The predicted molar refractivity (Wildman–Crippen MR) is 113 cm³/mol. The van der Waals surface area contributed by atoms with Crippen molar-refractivity contribution in [2.75, 3.05) is 13.2 Å². The summed E-state index contributed by atoms with van der Waals surface area (Å²) in [5, 5.41) is 4.51. The quantitative estimate of drug-likeness (QED) is 0.640. The fourth-order valence-electron chi connectivity index (χ4n) is 3.95. The first-order valence-corrected chi connectivity index (χ1v) is 10.4. The Kier molecular flexibility index (Phi) is 5.90. The lowest BCUT2D eigenvalue weighted by molar-refractivity contribution is 0.0662. The van der Waals surface area contributed by atoms with Gasteiger partial charge in [-0.1, -0.05) is 13.0 Å². The Bertz CT molecular complexity index is 1030. The second-order valence-corrected chi connectivity index (χ2v) is 7.79. The number of hydrogen-bond acceptors (Lipinski definition) is 4. The average molecular weight is 393 g/mol. The molecule has 0 aliphatic carbocycles. The number of rotatable bonds is 6.